The maximum Gasteiger partial charge on any atom is 0.190 e. The smallest absolute Gasteiger partial charge is 0.190 e. The molecule has 1 aliphatic rings. The number of benzene rings is 1. The first kappa shape index (κ1) is 24.9. The first-order chi connectivity index (χ1) is 13.3. The topological polar surface area (TPSA) is 64.1 Å². The number of guanidine groups is 1. The normalized spacial score (nSPS) is 15.0. The van der Waals surface area contributed by atoms with E-state index in [4.69, 9.17) is 14.2 Å². The fourth-order valence-electron chi connectivity index (χ4n) is 2.76. The molecule has 6 nitrogen and oxygen atoms in total. The number of rotatable bonds is 11. The van der Waals surface area contributed by atoms with Crippen LogP contribution in [0.5, 0.6) is 5.75 Å². The fraction of sp³-hybridized carbons (Fsp3) is 0.650. The van der Waals surface area contributed by atoms with Crippen molar-refractivity contribution in [1.82, 2.24) is 10.6 Å². The highest BCUT2D eigenvalue weighted by Gasteiger charge is 2.13. The Bertz CT molecular complexity index is 540. The average Bonchev–Trinajstić information content (AvgIpc) is 2.71. The summed E-state index contributed by atoms with van der Waals surface area (Å²) in [7, 11) is 1.76. The van der Waals surface area contributed by atoms with Gasteiger partial charge < -0.3 is 24.8 Å². The van der Waals surface area contributed by atoms with Crippen LogP contribution in [-0.2, 0) is 9.47 Å². The van der Waals surface area contributed by atoms with Gasteiger partial charge in [-0.3, -0.25) is 4.99 Å². The average molecular weight is 509 g/mol. The lowest BCUT2D eigenvalue weighted by atomic mass is 10.0. The summed E-state index contributed by atoms with van der Waals surface area (Å²) in [5.41, 5.74) is 0. The van der Waals surface area contributed by atoms with E-state index < -0.39 is 0 Å². The Hall–Kier alpha value is -1.13. The minimum absolute atomic E-state index is 0. The molecule has 1 aromatic rings. The third-order valence-corrected chi connectivity index (χ3v) is 4.37. The predicted molar refractivity (Wildman–Crippen MR) is 120 cm³/mol. The van der Waals surface area contributed by atoms with Crippen LogP contribution in [0, 0.1) is 11.7 Å². The summed E-state index contributed by atoms with van der Waals surface area (Å²) in [4.78, 5) is 4.20. The van der Waals surface area contributed by atoms with Crippen LogP contribution in [0.15, 0.2) is 29.3 Å². The van der Waals surface area contributed by atoms with Crippen molar-refractivity contribution in [2.45, 2.75) is 25.7 Å². The summed E-state index contributed by atoms with van der Waals surface area (Å²) in [5.74, 6) is 1.85. The highest BCUT2D eigenvalue weighted by Crippen LogP contribution is 2.14. The molecule has 0 bridgehead atoms. The number of hydrogen-bond acceptors (Lipinski definition) is 4. The highest BCUT2D eigenvalue weighted by molar-refractivity contribution is 14.0. The van der Waals surface area contributed by atoms with Crippen LogP contribution >= 0.6 is 24.0 Å². The van der Waals surface area contributed by atoms with Crippen molar-refractivity contribution in [1.29, 1.82) is 0 Å². The highest BCUT2D eigenvalue weighted by atomic mass is 127. The maximum atomic E-state index is 12.8. The Balaban J connectivity index is 0.00000392. The van der Waals surface area contributed by atoms with Crippen molar-refractivity contribution in [3.05, 3.63) is 30.1 Å². The molecular weight excluding hydrogens is 476 g/mol. The predicted octanol–water partition coefficient (Wildman–Crippen LogP) is 3.21. The summed E-state index contributed by atoms with van der Waals surface area (Å²) in [5, 5.41) is 6.53. The molecule has 0 radical (unpaired) electrons. The molecule has 1 aliphatic heterocycles. The van der Waals surface area contributed by atoms with Gasteiger partial charge in [0.2, 0.25) is 0 Å². The molecule has 1 fully saturated rings. The number of aliphatic imine (C=N–C) groups is 1. The van der Waals surface area contributed by atoms with Crippen LogP contribution in [0.2, 0.25) is 0 Å². The summed E-state index contributed by atoms with van der Waals surface area (Å²) >= 11 is 0. The molecule has 0 spiro atoms. The van der Waals surface area contributed by atoms with Crippen molar-refractivity contribution in [2.24, 2.45) is 10.9 Å². The molecule has 0 aliphatic carbocycles. The maximum absolute atomic E-state index is 12.8. The molecule has 1 heterocycles. The molecule has 0 amide bonds. The van der Waals surface area contributed by atoms with Crippen molar-refractivity contribution in [3.63, 3.8) is 0 Å². The Morgan fingerprint density at radius 3 is 2.39 bits per heavy atom. The minimum Gasteiger partial charge on any atom is -0.494 e. The molecular formula is C20H33FIN3O3. The van der Waals surface area contributed by atoms with Crippen LogP contribution in [0.4, 0.5) is 4.39 Å². The van der Waals surface area contributed by atoms with E-state index in [1.165, 1.54) is 12.1 Å². The van der Waals surface area contributed by atoms with E-state index in [0.717, 1.165) is 71.2 Å². The molecule has 160 valence electrons. The lowest BCUT2D eigenvalue weighted by Crippen LogP contribution is -2.38. The van der Waals surface area contributed by atoms with Crippen molar-refractivity contribution >= 4 is 29.9 Å². The number of halogens is 2. The standard InChI is InChI=1S/C20H32FN3O3.HI/c1-22-20(23-10-2-12-26-16-17-8-14-25-15-9-17)24-11-3-13-27-19-6-4-18(21)5-7-19;/h4-7,17H,2-3,8-16H2,1H3,(H2,22,23,24);1H. The van der Waals surface area contributed by atoms with Gasteiger partial charge in [-0.2, -0.15) is 0 Å². The quantitative estimate of drug-likeness (QED) is 0.208. The summed E-state index contributed by atoms with van der Waals surface area (Å²) in [6, 6.07) is 6.06. The van der Waals surface area contributed by atoms with Gasteiger partial charge in [0.05, 0.1) is 6.61 Å². The number of ether oxygens (including phenoxy) is 3. The van der Waals surface area contributed by atoms with Gasteiger partial charge in [-0.25, -0.2) is 4.39 Å². The Morgan fingerprint density at radius 1 is 1.11 bits per heavy atom. The van der Waals surface area contributed by atoms with Crippen LogP contribution < -0.4 is 15.4 Å². The van der Waals surface area contributed by atoms with Crippen LogP contribution in [0.1, 0.15) is 25.7 Å². The molecule has 1 saturated heterocycles. The third-order valence-electron chi connectivity index (χ3n) is 4.37. The van der Waals surface area contributed by atoms with Crippen molar-refractivity contribution in [2.75, 3.05) is 53.2 Å². The second-order valence-corrected chi connectivity index (χ2v) is 6.57. The van der Waals surface area contributed by atoms with Crippen molar-refractivity contribution in [3.8, 4) is 5.75 Å². The number of nitrogens with zero attached hydrogens (tertiary/aromatic N) is 1. The molecule has 28 heavy (non-hydrogen) atoms. The first-order valence-electron chi connectivity index (χ1n) is 9.76. The van der Waals surface area contributed by atoms with Gasteiger partial charge in [-0.15, -0.1) is 24.0 Å². The Morgan fingerprint density at radius 2 is 1.75 bits per heavy atom. The van der Waals surface area contributed by atoms with Gasteiger partial charge in [0.1, 0.15) is 11.6 Å². The van der Waals surface area contributed by atoms with E-state index in [1.54, 1.807) is 19.2 Å². The summed E-state index contributed by atoms with van der Waals surface area (Å²) < 4.78 is 29.5. The summed E-state index contributed by atoms with van der Waals surface area (Å²) in [6.07, 6.45) is 3.99. The van der Waals surface area contributed by atoms with Gasteiger partial charge in [0.15, 0.2) is 5.96 Å². The van der Waals surface area contributed by atoms with E-state index in [1.807, 2.05) is 0 Å². The monoisotopic (exact) mass is 509 g/mol. The molecule has 2 rings (SSSR count). The zero-order valence-corrected chi connectivity index (χ0v) is 19.0. The SMILES string of the molecule is CN=C(NCCCOCC1CCOCC1)NCCCOc1ccc(F)cc1.I. The Labute approximate surface area is 184 Å². The van der Waals surface area contributed by atoms with E-state index in [-0.39, 0.29) is 29.8 Å². The number of hydrogen-bond donors (Lipinski definition) is 2. The Kier molecular flexibility index (Phi) is 14.0. The summed E-state index contributed by atoms with van der Waals surface area (Å²) in [6.45, 7) is 5.46. The van der Waals surface area contributed by atoms with E-state index >= 15 is 0 Å². The van der Waals surface area contributed by atoms with Gasteiger partial charge in [0.25, 0.3) is 0 Å². The lowest BCUT2D eigenvalue weighted by molar-refractivity contribution is 0.0203. The zero-order valence-electron chi connectivity index (χ0n) is 16.6. The second-order valence-electron chi connectivity index (χ2n) is 6.57. The largest absolute Gasteiger partial charge is 0.494 e. The van der Waals surface area contributed by atoms with Gasteiger partial charge >= 0.3 is 0 Å². The van der Waals surface area contributed by atoms with E-state index in [2.05, 4.69) is 15.6 Å². The van der Waals surface area contributed by atoms with Gasteiger partial charge in [0, 0.05) is 46.6 Å². The molecule has 0 atom stereocenters. The minimum atomic E-state index is -0.257. The van der Waals surface area contributed by atoms with Crippen molar-refractivity contribution < 1.29 is 18.6 Å². The molecule has 0 saturated carbocycles. The van der Waals surface area contributed by atoms with Crippen LogP contribution in [0.25, 0.3) is 0 Å². The van der Waals surface area contributed by atoms with Crippen LogP contribution in [-0.4, -0.2) is 59.1 Å². The molecule has 1 aromatic carbocycles. The number of nitrogens with one attached hydrogen (secondary N) is 2. The molecule has 0 aromatic heterocycles. The first-order valence-corrected chi connectivity index (χ1v) is 9.76. The lowest BCUT2D eigenvalue weighted by Gasteiger charge is -2.21. The van der Waals surface area contributed by atoms with E-state index in [9.17, 15) is 4.39 Å². The second kappa shape index (κ2) is 15.8. The zero-order chi connectivity index (χ0) is 19.2. The third kappa shape index (κ3) is 11.0. The van der Waals surface area contributed by atoms with Crippen LogP contribution in [0.3, 0.4) is 0 Å². The molecule has 8 heteroatoms. The fourth-order valence-corrected chi connectivity index (χ4v) is 2.76. The van der Waals surface area contributed by atoms with Gasteiger partial charge in [-0.05, 0) is 55.9 Å². The van der Waals surface area contributed by atoms with E-state index in [0.29, 0.717) is 18.3 Å². The molecule has 0 unspecified atom stereocenters. The van der Waals surface area contributed by atoms with Gasteiger partial charge in [-0.1, -0.05) is 0 Å². The molecule has 2 N–H and O–H groups in total.